The average molecular weight is 292 g/mol. The van der Waals surface area contributed by atoms with E-state index in [0.717, 1.165) is 10.9 Å². The van der Waals surface area contributed by atoms with Gasteiger partial charge in [-0.1, -0.05) is 0 Å². The highest BCUT2D eigenvalue weighted by Crippen LogP contribution is 2.44. The van der Waals surface area contributed by atoms with Gasteiger partial charge in [-0.15, -0.1) is 0 Å². The third kappa shape index (κ3) is 2.65. The normalized spacial score (nSPS) is 26.2. The number of halogens is 3. The minimum absolute atomic E-state index is 0.0144. The largest absolute Gasteiger partial charge is 0.462 e. The Morgan fingerprint density at radius 3 is 2.65 bits per heavy atom. The summed E-state index contributed by atoms with van der Waals surface area (Å²) in [7, 11) is 0. The number of aromatic nitrogens is 2. The van der Waals surface area contributed by atoms with Gasteiger partial charge in [0.25, 0.3) is 0 Å². The second kappa shape index (κ2) is 4.76. The standard InChI is InChI=1S/C12H15F3N2O3/c1-3-20-10(18)8-6-16-17(9(8)12(13,14)15)7-4-11(2,19)5-7/h6-7,19H,3-5H2,1-2H3/t7-,11+. The molecule has 0 spiro atoms. The smallest absolute Gasteiger partial charge is 0.433 e. The third-order valence-electron chi connectivity index (χ3n) is 3.26. The number of hydrogen-bond acceptors (Lipinski definition) is 4. The predicted octanol–water partition coefficient (Wildman–Crippen LogP) is 2.16. The molecule has 0 atom stereocenters. The number of carbonyl (C=O) groups excluding carboxylic acids is 1. The number of esters is 1. The van der Waals surface area contributed by atoms with Crippen LogP contribution in [0.1, 0.15) is 48.8 Å². The molecule has 5 nitrogen and oxygen atoms in total. The number of aliphatic hydroxyl groups is 1. The van der Waals surface area contributed by atoms with Crippen LogP contribution < -0.4 is 0 Å². The first-order valence-corrected chi connectivity index (χ1v) is 6.20. The molecule has 1 aliphatic rings. The van der Waals surface area contributed by atoms with Gasteiger partial charge in [-0.3, -0.25) is 4.68 Å². The summed E-state index contributed by atoms with van der Waals surface area (Å²) in [5.41, 5.74) is -2.69. The van der Waals surface area contributed by atoms with Crippen molar-refractivity contribution in [2.75, 3.05) is 6.61 Å². The lowest BCUT2D eigenvalue weighted by atomic mass is 9.77. The number of alkyl halides is 3. The summed E-state index contributed by atoms with van der Waals surface area (Å²) < 4.78 is 44.8. The Bertz CT molecular complexity index is 515. The predicted molar refractivity (Wildman–Crippen MR) is 62.1 cm³/mol. The molecule has 0 aromatic carbocycles. The molecule has 0 aliphatic heterocycles. The van der Waals surface area contributed by atoms with Crippen molar-refractivity contribution in [2.24, 2.45) is 0 Å². The van der Waals surface area contributed by atoms with Gasteiger partial charge in [0.15, 0.2) is 5.69 Å². The molecule has 0 saturated heterocycles. The quantitative estimate of drug-likeness (QED) is 0.867. The van der Waals surface area contributed by atoms with Gasteiger partial charge in [0.05, 0.1) is 24.4 Å². The van der Waals surface area contributed by atoms with Crippen LogP contribution in [-0.4, -0.2) is 33.1 Å². The zero-order chi connectivity index (χ0) is 15.1. The topological polar surface area (TPSA) is 64.3 Å². The van der Waals surface area contributed by atoms with Gasteiger partial charge in [-0.2, -0.15) is 18.3 Å². The molecule has 0 amide bonds. The van der Waals surface area contributed by atoms with Gasteiger partial charge in [-0.25, -0.2) is 4.79 Å². The molecule has 1 saturated carbocycles. The maximum absolute atomic E-state index is 13.1. The molecule has 2 rings (SSSR count). The van der Waals surface area contributed by atoms with Crippen LogP contribution in [0.5, 0.6) is 0 Å². The lowest BCUT2D eigenvalue weighted by Crippen LogP contribution is -2.43. The van der Waals surface area contributed by atoms with E-state index in [1.807, 2.05) is 0 Å². The molecule has 0 unspecified atom stereocenters. The zero-order valence-corrected chi connectivity index (χ0v) is 11.1. The summed E-state index contributed by atoms with van der Waals surface area (Å²) in [6, 6.07) is -0.565. The minimum atomic E-state index is -4.71. The van der Waals surface area contributed by atoms with Gasteiger partial charge >= 0.3 is 12.1 Å². The first-order chi connectivity index (χ1) is 9.15. The Morgan fingerprint density at radius 2 is 2.20 bits per heavy atom. The average Bonchev–Trinajstić information content (AvgIpc) is 2.69. The summed E-state index contributed by atoms with van der Waals surface area (Å²) >= 11 is 0. The Hall–Kier alpha value is -1.57. The highest BCUT2D eigenvalue weighted by Gasteiger charge is 2.47. The molecule has 112 valence electrons. The molecule has 0 radical (unpaired) electrons. The van der Waals surface area contributed by atoms with E-state index in [2.05, 4.69) is 9.84 Å². The molecule has 1 aromatic rings. The van der Waals surface area contributed by atoms with E-state index in [4.69, 9.17) is 0 Å². The lowest BCUT2D eigenvalue weighted by molar-refractivity contribution is -0.149. The van der Waals surface area contributed by atoms with Crippen LogP contribution in [-0.2, 0) is 10.9 Å². The van der Waals surface area contributed by atoms with Crippen LogP contribution in [0.3, 0.4) is 0 Å². The maximum atomic E-state index is 13.1. The van der Waals surface area contributed by atoms with Crippen molar-refractivity contribution >= 4 is 5.97 Å². The molecule has 0 bridgehead atoms. The summed E-state index contributed by atoms with van der Waals surface area (Å²) in [5.74, 6) is -1.04. The van der Waals surface area contributed by atoms with Crippen molar-refractivity contribution in [3.63, 3.8) is 0 Å². The highest BCUT2D eigenvalue weighted by atomic mass is 19.4. The van der Waals surface area contributed by atoms with Crippen molar-refractivity contribution < 1.29 is 27.8 Å². The Balaban J connectivity index is 2.37. The van der Waals surface area contributed by atoms with Gasteiger partial charge < -0.3 is 9.84 Å². The summed E-state index contributed by atoms with van der Waals surface area (Å²) in [6.45, 7) is 3.05. The summed E-state index contributed by atoms with van der Waals surface area (Å²) in [5, 5.41) is 13.3. The molecule has 1 aliphatic carbocycles. The van der Waals surface area contributed by atoms with Gasteiger partial charge in [0.1, 0.15) is 5.56 Å². The van der Waals surface area contributed by atoms with E-state index in [1.165, 1.54) is 6.92 Å². The second-order valence-electron chi connectivity index (χ2n) is 5.13. The van der Waals surface area contributed by atoms with Crippen LogP contribution >= 0.6 is 0 Å². The zero-order valence-electron chi connectivity index (χ0n) is 11.1. The molecule has 1 heterocycles. The summed E-state index contributed by atoms with van der Waals surface area (Å²) in [4.78, 5) is 11.6. The number of hydrogen-bond donors (Lipinski definition) is 1. The lowest BCUT2D eigenvalue weighted by Gasteiger charge is -2.41. The molecule has 8 heteroatoms. The van der Waals surface area contributed by atoms with Gasteiger partial charge in [0.2, 0.25) is 0 Å². The fraction of sp³-hybridized carbons (Fsp3) is 0.667. The number of rotatable bonds is 3. The van der Waals surface area contributed by atoms with Crippen molar-refractivity contribution in [1.82, 2.24) is 9.78 Å². The molecule has 1 aromatic heterocycles. The molecular weight excluding hydrogens is 277 g/mol. The number of ether oxygens (including phenoxy) is 1. The fourth-order valence-electron chi connectivity index (χ4n) is 2.41. The molecule has 1 N–H and O–H groups in total. The van der Waals surface area contributed by atoms with E-state index >= 15 is 0 Å². The monoisotopic (exact) mass is 292 g/mol. The van der Waals surface area contributed by atoms with E-state index < -0.39 is 35.0 Å². The van der Waals surface area contributed by atoms with Gasteiger partial charge in [-0.05, 0) is 26.7 Å². The van der Waals surface area contributed by atoms with Crippen LogP contribution in [0.2, 0.25) is 0 Å². The van der Waals surface area contributed by atoms with Crippen LogP contribution in [0.25, 0.3) is 0 Å². The summed E-state index contributed by atoms with van der Waals surface area (Å²) in [6.07, 6.45) is -3.51. The van der Waals surface area contributed by atoms with E-state index in [-0.39, 0.29) is 19.4 Å². The Morgan fingerprint density at radius 1 is 1.60 bits per heavy atom. The van der Waals surface area contributed by atoms with Crippen LogP contribution in [0, 0.1) is 0 Å². The molecule has 1 fully saturated rings. The Kier molecular flexibility index (Phi) is 3.53. The Labute approximate surface area is 113 Å². The first-order valence-electron chi connectivity index (χ1n) is 6.20. The molecule has 20 heavy (non-hydrogen) atoms. The third-order valence-corrected chi connectivity index (χ3v) is 3.26. The highest BCUT2D eigenvalue weighted by molar-refractivity contribution is 5.90. The SMILES string of the molecule is CCOC(=O)c1cnn([C@H]2C[C@@](C)(O)C2)c1C(F)(F)F. The fourth-order valence-corrected chi connectivity index (χ4v) is 2.41. The minimum Gasteiger partial charge on any atom is -0.462 e. The van der Waals surface area contributed by atoms with Crippen LogP contribution in [0.15, 0.2) is 6.20 Å². The van der Waals surface area contributed by atoms with E-state index in [0.29, 0.717) is 0 Å². The van der Waals surface area contributed by atoms with Gasteiger partial charge in [0, 0.05) is 0 Å². The van der Waals surface area contributed by atoms with E-state index in [9.17, 15) is 23.1 Å². The van der Waals surface area contributed by atoms with Crippen molar-refractivity contribution in [3.8, 4) is 0 Å². The van der Waals surface area contributed by atoms with Crippen molar-refractivity contribution in [2.45, 2.75) is 44.5 Å². The van der Waals surface area contributed by atoms with E-state index in [1.54, 1.807) is 6.92 Å². The number of carbonyl (C=O) groups is 1. The molecular formula is C12H15F3N2O3. The first kappa shape index (κ1) is 14.8. The van der Waals surface area contributed by atoms with Crippen molar-refractivity contribution in [1.29, 1.82) is 0 Å². The number of nitrogens with zero attached hydrogens (tertiary/aromatic N) is 2. The second-order valence-corrected chi connectivity index (χ2v) is 5.13. The van der Waals surface area contributed by atoms with Crippen molar-refractivity contribution in [3.05, 3.63) is 17.5 Å². The van der Waals surface area contributed by atoms with Crippen LogP contribution in [0.4, 0.5) is 13.2 Å². The maximum Gasteiger partial charge on any atom is 0.433 e.